The zero-order chi connectivity index (χ0) is 13.1. The van der Waals surface area contributed by atoms with Gasteiger partial charge in [-0.25, -0.2) is 0 Å². The molecule has 1 unspecified atom stereocenters. The fourth-order valence-electron chi connectivity index (χ4n) is 2.58. The fraction of sp³-hybridized carbons (Fsp3) is 0.333. The van der Waals surface area contributed by atoms with Crippen molar-refractivity contribution in [3.8, 4) is 0 Å². The van der Waals surface area contributed by atoms with Crippen LogP contribution in [0.2, 0.25) is 4.34 Å². The molecule has 0 fully saturated rings. The van der Waals surface area contributed by atoms with Gasteiger partial charge >= 0.3 is 0 Å². The number of para-hydroxylation sites is 1. The van der Waals surface area contributed by atoms with Crippen LogP contribution in [-0.4, -0.2) is 13.1 Å². The molecule has 3 rings (SSSR count). The smallest absolute Gasteiger partial charge is 0.0931 e. The van der Waals surface area contributed by atoms with E-state index in [0.29, 0.717) is 5.92 Å². The van der Waals surface area contributed by atoms with Gasteiger partial charge in [-0.3, -0.25) is 0 Å². The van der Waals surface area contributed by atoms with Crippen LogP contribution in [0, 0.1) is 0 Å². The monoisotopic (exact) mass is 292 g/mol. The van der Waals surface area contributed by atoms with Crippen LogP contribution in [0.25, 0.3) is 0 Å². The van der Waals surface area contributed by atoms with E-state index in [1.165, 1.54) is 22.5 Å². The summed E-state index contributed by atoms with van der Waals surface area (Å²) < 4.78 is 0.865. The molecule has 100 valence electrons. The first kappa shape index (κ1) is 13.0. The average molecular weight is 293 g/mol. The van der Waals surface area contributed by atoms with Crippen molar-refractivity contribution in [3.05, 3.63) is 51.2 Å². The van der Waals surface area contributed by atoms with Crippen molar-refractivity contribution in [3.63, 3.8) is 0 Å². The Morgan fingerprint density at radius 3 is 3.00 bits per heavy atom. The summed E-state index contributed by atoms with van der Waals surface area (Å²) in [4.78, 5) is 1.30. The molecule has 1 aliphatic heterocycles. The van der Waals surface area contributed by atoms with Crippen LogP contribution in [0.3, 0.4) is 0 Å². The van der Waals surface area contributed by atoms with Gasteiger partial charge in [-0.15, -0.1) is 11.3 Å². The second kappa shape index (κ2) is 5.95. The van der Waals surface area contributed by atoms with Gasteiger partial charge in [0.1, 0.15) is 0 Å². The number of nitrogens with one attached hydrogen (secondary N) is 2. The molecule has 1 aromatic heterocycles. The Hall–Kier alpha value is -1.03. The number of thiophene rings is 1. The van der Waals surface area contributed by atoms with E-state index in [4.69, 9.17) is 11.6 Å². The van der Waals surface area contributed by atoms with E-state index in [2.05, 4.69) is 41.0 Å². The topological polar surface area (TPSA) is 24.1 Å². The minimum absolute atomic E-state index is 0.605. The summed E-state index contributed by atoms with van der Waals surface area (Å²) in [5, 5.41) is 7.01. The van der Waals surface area contributed by atoms with E-state index in [9.17, 15) is 0 Å². The number of hydrogen-bond acceptors (Lipinski definition) is 3. The number of benzene rings is 1. The molecule has 4 heteroatoms. The molecular weight excluding hydrogens is 276 g/mol. The summed E-state index contributed by atoms with van der Waals surface area (Å²) >= 11 is 7.59. The lowest BCUT2D eigenvalue weighted by atomic mass is 9.91. The highest BCUT2D eigenvalue weighted by molar-refractivity contribution is 7.16. The van der Waals surface area contributed by atoms with E-state index in [0.717, 1.165) is 24.0 Å². The van der Waals surface area contributed by atoms with Crippen molar-refractivity contribution in [2.45, 2.75) is 18.9 Å². The molecule has 0 spiro atoms. The van der Waals surface area contributed by atoms with Gasteiger partial charge in [0.2, 0.25) is 0 Å². The zero-order valence-corrected chi connectivity index (χ0v) is 12.2. The normalized spacial score (nSPS) is 17.8. The molecule has 1 aliphatic rings. The predicted molar refractivity (Wildman–Crippen MR) is 83.3 cm³/mol. The van der Waals surface area contributed by atoms with Gasteiger partial charge in [-0.05, 0) is 30.2 Å². The highest BCUT2D eigenvalue weighted by Crippen LogP contribution is 2.30. The maximum Gasteiger partial charge on any atom is 0.0931 e. The number of anilines is 1. The SMILES string of the molecule is Clc1ccc(CNCC2CCNc3ccccc32)s1. The second-order valence-electron chi connectivity index (χ2n) is 4.84. The summed E-state index contributed by atoms with van der Waals surface area (Å²) in [5.74, 6) is 0.605. The molecule has 19 heavy (non-hydrogen) atoms. The molecule has 2 nitrogen and oxygen atoms in total. The minimum Gasteiger partial charge on any atom is -0.385 e. The molecule has 2 heterocycles. The third-order valence-corrected chi connectivity index (χ3v) is 4.76. The van der Waals surface area contributed by atoms with Crippen molar-refractivity contribution in [2.75, 3.05) is 18.4 Å². The highest BCUT2D eigenvalue weighted by atomic mass is 35.5. The van der Waals surface area contributed by atoms with Crippen molar-refractivity contribution in [1.29, 1.82) is 0 Å². The number of halogens is 1. The van der Waals surface area contributed by atoms with Crippen LogP contribution >= 0.6 is 22.9 Å². The Labute approximate surface area is 122 Å². The summed E-state index contributed by atoms with van der Waals surface area (Å²) in [6.07, 6.45) is 1.19. The van der Waals surface area contributed by atoms with Gasteiger partial charge < -0.3 is 10.6 Å². The molecule has 0 saturated carbocycles. The number of hydrogen-bond donors (Lipinski definition) is 2. The van der Waals surface area contributed by atoms with Crippen molar-refractivity contribution >= 4 is 28.6 Å². The standard InChI is InChI=1S/C15H17ClN2S/c16-15-6-5-12(19-15)10-17-9-11-7-8-18-14-4-2-1-3-13(11)14/h1-6,11,17-18H,7-10H2. The van der Waals surface area contributed by atoms with E-state index in [-0.39, 0.29) is 0 Å². The van der Waals surface area contributed by atoms with Crippen molar-refractivity contribution in [2.24, 2.45) is 0 Å². The summed E-state index contributed by atoms with van der Waals surface area (Å²) in [5.41, 5.74) is 2.73. The Kier molecular flexibility index (Phi) is 4.06. The molecule has 0 aliphatic carbocycles. The molecule has 0 amide bonds. The van der Waals surface area contributed by atoms with Gasteiger partial charge in [0.05, 0.1) is 4.34 Å². The number of rotatable bonds is 4. The lowest BCUT2D eigenvalue weighted by Gasteiger charge is -2.26. The largest absolute Gasteiger partial charge is 0.385 e. The van der Waals surface area contributed by atoms with Gasteiger partial charge in [-0.2, -0.15) is 0 Å². The average Bonchev–Trinajstić information content (AvgIpc) is 2.85. The zero-order valence-electron chi connectivity index (χ0n) is 10.7. The first-order valence-corrected chi connectivity index (χ1v) is 7.80. The van der Waals surface area contributed by atoms with E-state index >= 15 is 0 Å². The molecule has 1 aromatic carbocycles. The van der Waals surface area contributed by atoms with Gasteiger partial charge in [0.15, 0.2) is 0 Å². The third kappa shape index (κ3) is 3.11. The maximum absolute atomic E-state index is 5.94. The summed E-state index contributed by atoms with van der Waals surface area (Å²) in [6.45, 7) is 2.99. The van der Waals surface area contributed by atoms with E-state index < -0.39 is 0 Å². The van der Waals surface area contributed by atoms with Gasteiger partial charge in [-0.1, -0.05) is 29.8 Å². The summed E-state index contributed by atoms with van der Waals surface area (Å²) in [7, 11) is 0. The fourth-order valence-corrected chi connectivity index (χ4v) is 3.64. The quantitative estimate of drug-likeness (QED) is 0.887. The Morgan fingerprint density at radius 1 is 1.26 bits per heavy atom. The van der Waals surface area contributed by atoms with Crippen LogP contribution in [-0.2, 0) is 6.54 Å². The molecule has 0 radical (unpaired) electrons. The molecule has 0 bridgehead atoms. The first-order valence-electron chi connectivity index (χ1n) is 6.60. The van der Waals surface area contributed by atoms with Crippen LogP contribution < -0.4 is 10.6 Å². The molecule has 1 atom stereocenters. The third-order valence-electron chi connectivity index (χ3n) is 3.53. The predicted octanol–water partition coefficient (Wildman–Crippen LogP) is 4.09. The molecule has 0 saturated heterocycles. The maximum atomic E-state index is 5.94. The lowest BCUT2D eigenvalue weighted by molar-refractivity contribution is 0.553. The molecule has 2 aromatic rings. The van der Waals surface area contributed by atoms with Gasteiger partial charge in [0.25, 0.3) is 0 Å². The molecule has 2 N–H and O–H groups in total. The van der Waals surface area contributed by atoms with E-state index in [1.807, 2.05) is 6.07 Å². The van der Waals surface area contributed by atoms with Crippen LogP contribution in [0.4, 0.5) is 5.69 Å². The second-order valence-corrected chi connectivity index (χ2v) is 6.64. The lowest BCUT2D eigenvalue weighted by Crippen LogP contribution is -2.26. The van der Waals surface area contributed by atoms with Crippen LogP contribution in [0.5, 0.6) is 0 Å². The molecular formula is C15H17ClN2S. The van der Waals surface area contributed by atoms with Gasteiger partial charge in [0, 0.05) is 36.1 Å². The van der Waals surface area contributed by atoms with Crippen LogP contribution in [0.1, 0.15) is 22.8 Å². The summed E-state index contributed by atoms with van der Waals surface area (Å²) in [6, 6.07) is 12.7. The van der Waals surface area contributed by atoms with Crippen LogP contribution in [0.15, 0.2) is 36.4 Å². The van der Waals surface area contributed by atoms with Crippen molar-refractivity contribution in [1.82, 2.24) is 5.32 Å². The Morgan fingerprint density at radius 2 is 2.16 bits per heavy atom. The Bertz CT molecular complexity index is 553. The number of fused-ring (bicyclic) bond motifs is 1. The van der Waals surface area contributed by atoms with Crippen molar-refractivity contribution < 1.29 is 0 Å². The Balaban J connectivity index is 1.59. The minimum atomic E-state index is 0.605. The highest BCUT2D eigenvalue weighted by Gasteiger charge is 2.18. The first-order chi connectivity index (χ1) is 9.33. The van der Waals surface area contributed by atoms with E-state index in [1.54, 1.807) is 11.3 Å².